The summed E-state index contributed by atoms with van der Waals surface area (Å²) >= 11 is 1.60. The molecule has 24 heavy (non-hydrogen) atoms. The number of hydrogen-bond donors (Lipinski definition) is 1. The molecule has 0 aliphatic carbocycles. The van der Waals surface area contributed by atoms with E-state index in [0.29, 0.717) is 6.42 Å². The molecule has 1 aromatic carbocycles. The Hall–Kier alpha value is -2.47. The van der Waals surface area contributed by atoms with Crippen LogP contribution >= 0.6 is 11.3 Å². The highest BCUT2D eigenvalue weighted by Gasteiger charge is 2.16. The molecule has 1 aliphatic rings. The zero-order valence-electron chi connectivity index (χ0n) is 13.2. The van der Waals surface area contributed by atoms with Crippen molar-refractivity contribution in [3.8, 4) is 0 Å². The van der Waals surface area contributed by atoms with Gasteiger partial charge in [0, 0.05) is 24.2 Å². The predicted octanol–water partition coefficient (Wildman–Crippen LogP) is 3.47. The molecule has 4 rings (SSSR count). The standard InChI is InChI=1S/C18H18N4OS/c23-17(9-13-5-8-24-11-13)21-14-3-4-15-16(10-14)19-12-20-18(15)22-6-1-2-7-22/h3-5,8,10-12H,1-2,6-7,9H2,(H,21,23). The van der Waals surface area contributed by atoms with Crippen molar-refractivity contribution in [1.29, 1.82) is 0 Å². The summed E-state index contributed by atoms with van der Waals surface area (Å²) in [7, 11) is 0. The minimum Gasteiger partial charge on any atom is -0.356 e. The van der Waals surface area contributed by atoms with E-state index in [1.54, 1.807) is 17.7 Å². The summed E-state index contributed by atoms with van der Waals surface area (Å²) in [6, 6.07) is 7.82. The summed E-state index contributed by atoms with van der Waals surface area (Å²) in [5.74, 6) is 0.982. The summed E-state index contributed by atoms with van der Waals surface area (Å²) in [6.45, 7) is 2.09. The summed E-state index contributed by atoms with van der Waals surface area (Å²) in [4.78, 5) is 23.3. The van der Waals surface area contributed by atoms with Gasteiger partial charge in [0.2, 0.25) is 5.91 Å². The van der Waals surface area contributed by atoms with Gasteiger partial charge in [0.15, 0.2) is 0 Å². The van der Waals surface area contributed by atoms with E-state index >= 15 is 0 Å². The minimum absolute atomic E-state index is 0.0124. The average molecular weight is 338 g/mol. The molecule has 122 valence electrons. The number of rotatable bonds is 4. The number of hydrogen-bond acceptors (Lipinski definition) is 5. The quantitative estimate of drug-likeness (QED) is 0.791. The van der Waals surface area contributed by atoms with Crippen molar-refractivity contribution in [3.05, 3.63) is 46.9 Å². The fourth-order valence-electron chi connectivity index (χ4n) is 3.09. The zero-order chi connectivity index (χ0) is 16.4. The van der Waals surface area contributed by atoms with Crippen LogP contribution in [-0.4, -0.2) is 29.0 Å². The Labute approximate surface area is 144 Å². The SMILES string of the molecule is O=C(Cc1ccsc1)Nc1ccc2c(N3CCCC3)ncnc2c1. The van der Waals surface area contributed by atoms with E-state index in [-0.39, 0.29) is 5.91 Å². The molecule has 3 heterocycles. The number of amides is 1. The lowest BCUT2D eigenvalue weighted by Crippen LogP contribution is -2.19. The number of carbonyl (C=O) groups excluding carboxylic acids is 1. The van der Waals surface area contributed by atoms with Crippen LogP contribution < -0.4 is 10.2 Å². The van der Waals surface area contributed by atoms with E-state index in [9.17, 15) is 4.79 Å². The van der Waals surface area contributed by atoms with E-state index in [0.717, 1.165) is 41.1 Å². The smallest absolute Gasteiger partial charge is 0.228 e. The summed E-state index contributed by atoms with van der Waals surface area (Å²) in [5.41, 5.74) is 2.67. The van der Waals surface area contributed by atoms with Crippen LogP contribution in [0.3, 0.4) is 0 Å². The highest BCUT2D eigenvalue weighted by Crippen LogP contribution is 2.27. The van der Waals surface area contributed by atoms with Gasteiger partial charge in [-0.2, -0.15) is 11.3 Å². The second-order valence-corrected chi connectivity index (χ2v) is 6.76. The summed E-state index contributed by atoms with van der Waals surface area (Å²) in [5, 5.41) is 7.97. The Kier molecular flexibility index (Phi) is 4.13. The Morgan fingerprint density at radius 2 is 2.08 bits per heavy atom. The molecule has 0 unspecified atom stereocenters. The highest BCUT2D eigenvalue weighted by molar-refractivity contribution is 7.08. The Morgan fingerprint density at radius 3 is 2.88 bits per heavy atom. The molecule has 1 fully saturated rings. The fourth-order valence-corrected chi connectivity index (χ4v) is 3.75. The van der Waals surface area contributed by atoms with Crippen LogP contribution in [0.1, 0.15) is 18.4 Å². The molecule has 1 saturated heterocycles. The number of thiophene rings is 1. The number of fused-ring (bicyclic) bond motifs is 1. The normalized spacial score (nSPS) is 14.2. The summed E-state index contributed by atoms with van der Waals surface area (Å²) < 4.78 is 0. The monoisotopic (exact) mass is 338 g/mol. The molecular weight excluding hydrogens is 320 g/mol. The lowest BCUT2D eigenvalue weighted by Gasteiger charge is -2.18. The van der Waals surface area contributed by atoms with Gasteiger partial charge in [-0.05, 0) is 53.4 Å². The van der Waals surface area contributed by atoms with Crippen molar-refractivity contribution < 1.29 is 4.79 Å². The number of anilines is 2. The van der Waals surface area contributed by atoms with Gasteiger partial charge in [-0.25, -0.2) is 9.97 Å². The average Bonchev–Trinajstić information content (AvgIpc) is 3.27. The molecule has 0 saturated carbocycles. The van der Waals surface area contributed by atoms with E-state index < -0.39 is 0 Å². The van der Waals surface area contributed by atoms with E-state index in [1.165, 1.54) is 12.8 Å². The van der Waals surface area contributed by atoms with Gasteiger partial charge in [-0.3, -0.25) is 4.79 Å². The van der Waals surface area contributed by atoms with Crippen molar-refractivity contribution in [2.75, 3.05) is 23.3 Å². The van der Waals surface area contributed by atoms with Crippen molar-refractivity contribution in [2.24, 2.45) is 0 Å². The predicted molar refractivity (Wildman–Crippen MR) is 97.6 cm³/mol. The Morgan fingerprint density at radius 1 is 1.21 bits per heavy atom. The van der Waals surface area contributed by atoms with Gasteiger partial charge in [-0.1, -0.05) is 0 Å². The molecule has 1 N–H and O–H groups in total. The Balaban J connectivity index is 1.56. The number of carbonyl (C=O) groups is 1. The van der Waals surface area contributed by atoms with Crippen LogP contribution in [0.15, 0.2) is 41.4 Å². The molecule has 0 atom stereocenters. The number of aromatic nitrogens is 2. The first-order chi connectivity index (χ1) is 11.8. The molecule has 3 aromatic rings. The second-order valence-electron chi connectivity index (χ2n) is 5.98. The van der Waals surface area contributed by atoms with Crippen LogP contribution in [-0.2, 0) is 11.2 Å². The maximum Gasteiger partial charge on any atom is 0.228 e. The first kappa shape index (κ1) is 15.1. The molecule has 2 aromatic heterocycles. The van der Waals surface area contributed by atoms with Crippen LogP contribution in [0.2, 0.25) is 0 Å². The topological polar surface area (TPSA) is 58.1 Å². The second kappa shape index (κ2) is 6.57. The highest BCUT2D eigenvalue weighted by atomic mass is 32.1. The summed E-state index contributed by atoms with van der Waals surface area (Å²) in [6.07, 6.45) is 4.42. The minimum atomic E-state index is -0.0124. The van der Waals surface area contributed by atoms with Crippen molar-refractivity contribution in [2.45, 2.75) is 19.3 Å². The van der Waals surface area contributed by atoms with Gasteiger partial charge in [0.1, 0.15) is 12.1 Å². The van der Waals surface area contributed by atoms with Crippen LogP contribution in [0.25, 0.3) is 10.9 Å². The molecular formula is C18H18N4OS. The van der Waals surface area contributed by atoms with Gasteiger partial charge < -0.3 is 10.2 Å². The molecule has 0 bridgehead atoms. The van der Waals surface area contributed by atoms with Gasteiger partial charge in [0.25, 0.3) is 0 Å². The van der Waals surface area contributed by atoms with Gasteiger partial charge in [-0.15, -0.1) is 0 Å². The van der Waals surface area contributed by atoms with Crippen LogP contribution in [0, 0.1) is 0 Å². The van der Waals surface area contributed by atoms with Crippen LogP contribution in [0.5, 0.6) is 0 Å². The third-order valence-corrected chi connectivity index (χ3v) is 4.98. The maximum atomic E-state index is 12.1. The zero-order valence-corrected chi connectivity index (χ0v) is 14.1. The number of nitrogens with zero attached hydrogens (tertiary/aromatic N) is 3. The van der Waals surface area contributed by atoms with E-state index in [4.69, 9.17) is 0 Å². The molecule has 1 amide bonds. The first-order valence-electron chi connectivity index (χ1n) is 8.10. The third kappa shape index (κ3) is 3.10. The van der Waals surface area contributed by atoms with Crippen molar-refractivity contribution in [1.82, 2.24) is 9.97 Å². The molecule has 5 nitrogen and oxygen atoms in total. The first-order valence-corrected chi connectivity index (χ1v) is 9.04. The number of nitrogens with one attached hydrogen (secondary N) is 1. The van der Waals surface area contributed by atoms with Gasteiger partial charge >= 0.3 is 0 Å². The fraction of sp³-hybridized carbons (Fsp3) is 0.278. The lowest BCUT2D eigenvalue weighted by molar-refractivity contribution is -0.115. The van der Waals surface area contributed by atoms with Crippen molar-refractivity contribution in [3.63, 3.8) is 0 Å². The molecule has 0 spiro atoms. The molecule has 1 aliphatic heterocycles. The largest absolute Gasteiger partial charge is 0.356 e. The van der Waals surface area contributed by atoms with Gasteiger partial charge in [0.05, 0.1) is 11.9 Å². The maximum absolute atomic E-state index is 12.1. The lowest BCUT2D eigenvalue weighted by atomic mass is 10.2. The van der Waals surface area contributed by atoms with Crippen LogP contribution in [0.4, 0.5) is 11.5 Å². The third-order valence-electron chi connectivity index (χ3n) is 4.25. The molecule has 0 radical (unpaired) electrons. The van der Waals surface area contributed by atoms with Crippen molar-refractivity contribution >= 4 is 39.7 Å². The van der Waals surface area contributed by atoms with E-state index in [1.807, 2.05) is 35.0 Å². The molecule has 6 heteroatoms. The van der Waals surface area contributed by atoms with E-state index in [2.05, 4.69) is 20.2 Å². The number of benzene rings is 1. The Bertz CT molecular complexity index is 857.